The second-order valence-electron chi connectivity index (χ2n) is 4.72. The first-order chi connectivity index (χ1) is 10.2. The predicted octanol–water partition coefficient (Wildman–Crippen LogP) is 3.08. The van der Waals surface area contributed by atoms with Gasteiger partial charge in [-0.1, -0.05) is 30.3 Å². The zero-order chi connectivity index (χ0) is 15.1. The van der Waals surface area contributed by atoms with Crippen LogP contribution >= 0.6 is 0 Å². The lowest BCUT2D eigenvalue weighted by Gasteiger charge is -2.07. The van der Waals surface area contributed by atoms with Crippen molar-refractivity contribution in [3.05, 3.63) is 65.5 Å². The van der Waals surface area contributed by atoms with E-state index in [2.05, 4.69) is 5.32 Å². The van der Waals surface area contributed by atoms with E-state index >= 15 is 0 Å². The topological polar surface area (TPSA) is 38.3 Å². The van der Waals surface area contributed by atoms with Gasteiger partial charge < -0.3 is 10.1 Å². The quantitative estimate of drug-likeness (QED) is 0.886. The van der Waals surface area contributed by atoms with Crippen molar-refractivity contribution in [1.82, 2.24) is 5.32 Å². The number of benzene rings is 2. The van der Waals surface area contributed by atoms with E-state index in [0.717, 1.165) is 11.3 Å². The van der Waals surface area contributed by atoms with E-state index in [1.165, 1.54) is 6.07 Å². The van der Waals surface area contributed by atoms with Crippen molar-refractivity contribution in [1.29, 1.82) is 0 Å². The van der Waals surface area contributed by atoms with Crippen molar-refractivity contribution in [3.63, 3.8) is 0 Å². The molecule has 0 radical (unpaired) electrons. The van der Waals surface area contributed by atoms with Crippen LogP contribution in [0.3, 0.4) is 0 Å². The van der Waals surface area contributed by atoms with Crippen LogP contribution in [0.4, 0.5) is 4.39 Å². The molecule has 0 bridgehead atoms. The van der Waals surface area contributed by atoms with E-state index in [0.29, 0.717) is 18.4 Å². The standard InChI is InChI=1S/C17H18FNO2/c1-21-15-9-6-13(7-10-15)8-11-17(20)19-12-14-4-2-3-5-16(14)18/h2-7,9-10H,8,11-12H2,1H3,(H,19,20). The number of aryl methyl sites for hydroxylation is 1. The average molecular weight is 287 g/mol. The molecule has 2 aromatic rings. The molecule has 2 aromatic carbocycles. The van der Waals surface area contributed by atoms with Crippen LogP contribution in [-0.2, 0) is 17.8 Å². The molecular formula is C17H18FNO2. The Morgan fingerprint density at radius 1 is 1.14 bits per heavy atom. The van der Waals surface area contributed by atoms with Crippen LogP contribution in [0.1, 0.15) is 17.5 Å². The van der Waals surface area contributed by atoms with Gasteiger partial charge in [0, 0.05) is 18.5 Å². The minimum absolute atomic E-state index is 0.0888. The second-order valence-corrected chi connectivity index (χ2v) is 4.72. The van der Waals surface area contributed by atoms with Gasteiger partial charge in [0.1, 0.15) is 11.6 Å². The number of nitrogens with one attached hydrogen (secondary N) is 1. The van der Waals surface area contributed by atoms with Gasteiger partial charge in [0.25, 0.3) is 0 Å². The molecule has 21 heavy (non-hydrogen) atoms. The first-order valence-electron chi connectivity index (χ1n) is 6.82. The molecule has 0 aliphatic carbocycles. The van der Waals surface area contributed by atoms with E-state index < -0.39 is 0 Å². The van der Waals surface area contributed by atoms with Crippen molar-refractivity contribution in [2.45, 2.75) is 19.4 Å². The molecule has 1 N–H and O–H groups in total. The van der Waals surface area contributed by atoms with Crippen molar-refractivity contribution >= 4 is 5.91 Å². The fourth-order valence-electron chi connectivity index (χ4n) is 1.97. The Morgan fingerprint density at radius 3 is 2.52 bits per heavy atom. The summed E-state index contributed by atoms with van der Waals surface area (Å²) in [6.45, 7) is 0.216. The van der Waals surface area contributed by atoms with Crippen molar-refractivity contribution < 1.29 is 13.9 Å². The SMILES string of the molecule is COc1ccc(CCC(=O)NCc2ccccc2F)cc1. The van der Waals surface area contributed by atoms with Gasteiger partial charge in [-0.15, -0.1) is 0 Å². The smallest absolute Gasteiger partial charge is 0.220 e. The molecule has 4 heteroatoms. The van der Waals surface area contributed by atoms with E-state index in [1.54, 1.807) is 25.3 Å². The van der Waals surface area contributed by atoms with Gasteiger partial charge in [0.15, 0.2) is 0 Å². The summed E-state index contributed by atoms with van der Waals surface area (Å²) in [7, 11) is 1.62. The Kier molecular flexibility index (Phi) is 5.32. The highest BCUT2D eigenvalue weighted by Crippen LogP contribution is 2.12. The number of methoxy groups -OCH3 is 1. The van der Waals surface area contributed by atoms with Crippen LogP contribution in [0.25, 0.3) is 0 Å². The minimum Gasteiger partial charge on any atom is -0.497 e. The van der Waals surface area contributed by atoms with E-state index in [4.69, 9.17) is 4.74 Å². The van der Waals surface area contributed by atoms with Crippen LogP contribution < -0.4 is 10.1 Å². The number of hydrogen-bond acceptors (Lipinski definition) is 2. The molecule has 0 unspecified atom stereocenters. The molecule has 0 aliphatic rings. The fraction of sp³-hybridized carbons (Fsp3) is 0.235. The highest BCUT2D eigenvalue weighted by atomic mass is 19.1. The number of ether oxygens (including phenoxy) is 1. The largest absolute Gasteiger partial charge is 0.497 e. The predicted molar refractivity (Wildman–Crippen MR) is 79.6 cm³/mol. The van der Waals surface area contributed by atoms with Gasteiger partial charge in [-0.2, -0.15) is 0 Å². The number of rotatable bonds is 6. The molecule has 0 spiro atoms. The van der Waals surface area contributed by atoms with E-state index in [1.807, 2.05) is 24.3 Å². The molecule has 0 saturated heterocycles. The molecule has 3 nitrogen and oxygen atoms in total. The van der Waals surface area contributed by atoms with Gasteiger partial charge >= 0.3 is 0 Å². The van der Waals surface area contributed by atoms with Gasteiger partial charge in [-0.25, -0.2) is 4.39 Å². The first-order valence-corrected chi connectivity index (χ1v) is 6.82. The first kappa shape index (κ1) is 15.0. The normalized spacial score (nSPS) is 10.2. The maximum absolute atomic E-state index is 13.4. The lowest BCUT2D eigenvalue weighted by molar-refractivity contribution is -0.121. The van der Waals surface area contributed by atoms with E-state index in [9.17, 15) is 9.18 Å². The van der Waals surface area contributed by atoms with Gasteiger partial charge in [0.2, 0.25) is 5.91 Å². The van der Waals surface area contributed by atoms with Crippen molar-refractivity contribution in [2.75, 3.05) is 7.11 Å². The van der Waals surface area contributed by atoms with E-state index in [-0.39, 0.29) is 18.3 Å². The summed E-state index contributed by atoms with van der Waals surface area (Å²) in [6.07, 6.45) is 1.02. The molecule has 0 fully saturated rings. The highest BCUT2D eigenvalue weighted by Gasteiger charge is 2.05. The zero-order valence-corrected chi connectivity index (χ0v) is 11.9. The third kappa shape index (κ3) is 4.60. The Balaban J connectivity index is 1.78. The maximum atomic E-state index is 13.4. The van der Waals surface area contributed by atoms with Crippen molar-refractivity contribution in [2.24, 2.45) is 0 Å². The summed E-state index contributed by atoms with van der Waals surface area (Å²) in [5.41, 5.74) is 1.56. The molecule has 2 rings (SSSR count). The summed E-state index contributed by atoms with van der Waals surface area (Å²) in [4.78, 5) is 11.8. The Bertz CT molecular complexity index is 596. The summed E-state index contributed by atoms with van der Waals surface area (Å²) in [5.74, 6) is 0.407. The van der Waals surface area contributed by atoms with Crippen LogP contribution in [0, 0.1) is 5.82 Å². The zero-order valence-electron chi connectivity index (χ0n) is 11.9. The third-order valence-electron chi connectivity index (χ3n) is 3.23. The Morgan fingerprint density at radius 2 is 1.86 bits per heavy atom. The molecule has 0 saturated carbocycles. The highest BCUT2D eigenvalue weighted by molar-refractivity contribution is 5.76. The Hall–Kier alpha value is -2.36. The lowest BCUT2D eigenvalue weighted by Crippen LogP contribution is -2.23. The summed E-state index contributed by atoms with van der Waals surface area (Å²) < 4.78 is 18.5. The summed E-state index contributed by atoms with van der Waals surface area (Å²) in [6, 6.07) is 14.0. The average Bonchev–Trinajstić information content (AvgIpc) is 2.52. The molecular weight excluding hydrogens is 269 g/mol. The molecule has 1 amide bonds. The van der Waals surface area contributed by atoms with Gasteiger partial charge in [0.05, 0.1) is 7.11 Å². The third-order valence-corrected chi connectivity index (χ3v) is 3.23. The molecule has 110 valence electrons. The fourth-order valence-corrected chi connectivity index (χ4v) is 1.97. The minimum atomic E-state index is -0.298. The monoisotopic (exact) mass is 287 g/mol. The van der Waals surface area contributed by atoms with Gasteiger partial charge in [-0.3, -0.25) is 4.79 Å². The van der Waals surface area contributed by atoms with Crippen LogP contribution in [0.2, 0.25) is 0 Å². The number of carbonyl (C=O) groups excluding carboxylic acids is 1. The second kappa shape index (κ2) is 7.43. The number of carbonyl (C=O) groups is 1. The Labute approximate surface area is 123 Å². The number of amides is 1. The van der Waals surface area contributed by atoms with Crippen LogP contribution in [0.15, 0.2) is 48.5 Å². The van der Waals surface area contributed by atoms with Crippen molar-refractivity contribution in [3.8, 4) is 5.75 Å². The summed E-state index contributed by atoms with van der Waals surface area (Å²) >= 11 is 0. The van der Waals surface area contributed by atoms with Gasteiger partial charge in [-0.05, 0) is 30.2 Å². The number of hydrogen-bond donors (Lipinski definition) is 1. The maximum Gasteiger partial charge on any atom is 0.220 e. The number of halogens is 1. The molecule has 0 atom stereocenters. The molecule has 0 heterocycles. The molecule has 0 aromatic heterocycles. The summed E-state index contributed by atoms with van der Waals surface area (Å²) in [5, 5.41) is 2.73. The lowest BCUT2D eigenvalue weighted by atomic mass is 10.1. The van der Waals surface area contributed by atoms with Crippen LogP contribution in [0.5, 0.6) is 5.75 Å². The molecule has 0 aliphatic heterocycles. The van der Waals surface area contributed by atoms with Crippen LogP contribution in [-0.4, -0.2) is 13.0 Å².